The zero-order valence-electron chi connectivity index (χ0n) is 26.5. The average molecular weight is 551 g/mol. The standard InChI is InChI=1S/C35H54N2O3/c1-33(2,3)31(35(7,8)34(4,5)6)40-32(39)37(9)26-30(38)36-29(24-16-22-27-18-12-10-13-19-27)25-17-23-28-20-14-11-15-21-28/h10-15,18-21,29,31H,16-17,22-26H2,1-9H3,(H,36,38). The maximum absolute atomic E-state index is 13.2. The number of amides is 2. The molecule has 0 aromatic heterocycles. The van der Waals surface area contributed by atoms with E-state index < -0.39 is 6.09 Å². The lowest BCUT2D eigenvalue weighted by molar-refractivity contribution is -0.124. The van der Waals surface area contributed by atoms with Gasteiger partial charge in [0.15, 0.2) is 0 Å². The van der Waals surface area contributed by atoms with Crippen LogP contribution in [0, 0.1) is 16.2 Å². The van der Waals surface area contributed by atoms with Gasteiger partial charge in [0.25, 0.3) is 0 Å². The highest BCUT2D eigenvalue weighted by atomic mass is 16.6. The van der Waals surface area contributed by atoms with Crippen molar-refractivity contribution in [2.75, 3.05) is 13.6 Å². The molecule has 1 N–H and O–H groups in total. The van der Waals surface area contributed by atoms with Crippen LogP contribution in [0.25, 0.3) is 0 Å². The molecule has 2 aromatic rings. The van der Waals surface area contributed by atoms with Gasteiger partial charge in [-0.05, 0) is 60.5 Å². The van der Waals surface area contributed by atoms with Gasteiger partial charge in [0, 0.05) is 18.5 Å². The number of likely N-dealkylation sites (N-methyl/N-ethyl adjacent to an activating group) is 1. The Labute approximate surface area is 244 Å². The summed E-state index contributed by atoms with van der Waals surface area (Å²) in [6, 6.07) is 21.0. The van der Waals surface area contributed by atoms with Crippen LogP contribution >= 0.6 is 0 Å². The Hall–Kier alpha value is -2.82. The molecule has 5 nitrogen and oxygen atoms in total. The number of rotatable bonds is 13. The third-order valence-corrected chi connectivity index (χ3v) is 8.37. The van der Waals surface area contributed by atoms with Crippen LogP contribution < -0.4 is 5.32 Å². The van der Waals surface area contributed by atoms with Crippen LogP contribution in [0.4, 0.5) is 4.79 Å². The van der Waals surface area contributed by atoms with Crippen molar-refractivity contribution in [3.05, 3.63) is 71.8 Å². The second-order valence-electron chi connectivity index (χ2n) is 14.0. The summed E-state index contributed by atoms with van der Waals surface area (Å²) in [6.07, 6.45) is 4.97. The maximum atomic E-state index is 13.2. The number of nitrogens with one attached hydrogen (secondary N) is 1. The first-order valence-corrected chi connectivity index (χ1v) is 14.9. The quantitative estimate of drug-likeness (QED) is 0.274. The minimum atomic E-state index is -0.461. The van der Waals surface area contributed by atoms with Crippen molar-refractivity contribution in [2.45, 2.75) is 106 Å². The third kappa shape index (κ3) is 10.6. The maximum Gasteiger partial charge on any atom is 0.410 e. The molecule has 0 heterocycles. The smallest absolute Gasteiger partial charge is 0.410 e. The lowest BCUT2D eigenvalue weighted by Crippen LogP contribution is -2.52. The predicted molar refractivity (Wildman–Crippen MR) is 166 cm³/mol. The van der Waals surface area contributed by atoms with Crippen molar-refractivity contribution in [3.63, 3.8) is 0 Å². The number of nitrogens with zero attached hydrogens (tertiary/aromatic N) is 1. The normalized spacial score (nSPS) is 13.2. The Morgan fingerprint density at radius 1 is 0.775 bits per heavy atom. The Morgan fingerprint density at radius 3 is 1.62 bits per heavy atom. The summed E-state index contributed by atoms with van der Waals surface area (Å²) in [7, 11) is 1.64. The highest BCUT2D eigenvalue weighted by Gasteiger charge is 2.48. The molecule has 40 heavy (non-hydrogen) atoms. The minimum absolute atomic E-state index is 0.0283. The van der Waals surface area contributed by atoms with Gasteiger partial charge in [-0.3, -0.25) is 4.79 Å². The summed E-state index contributed by atoms with van der Waals surface area (Å²) in [6.45, 7) is 17.1. The second kappa shape index (κ2) is 14.7. The molecule has 0 spiro atoms. The highest BCUT2D eigenvalue weighted by Crippen LogP contribution is 2.48. The monoisotopic (exact) mass is 550 g/mol. The largest absolute Gasteiger partial charge is 0.445 e. The molecular formula is C35H54N2O3. The van der Waals surface area contributed by atoms with Gasteiger partial charge in [-0.25, -0.2) is 4.79 Å². The van der Waals surface area contributed by atoms with Crippen molar-refractivity contribution < 1.29 is 14.3 Å². The number of ether oxygens (including phenoxy) is 1. The number of hydrogen-bond acceptors (Lipinski definition) is 3. The Balaban J connectivity index is 1.99. The molecule has 0 saturated carbocycles. The molecule has 0 aliphatic carbocycles. The van der Waals surface area contributed by atoms with E-state index in [0.29, 0.717) is 0 Å². The van der Waals surface area contributed by atoms with Gasteiger partial charge < -0.3 is 15.0 Å². The Kier molecular flexibility index (Phi) is 12.3. The lowest BCUT2D eigenvalue weighted by atomic mass is 9.60. The molecule has 222 valence electrons. The first-order chi connectivity index (χ1) is 18.6. The first-order valence-electron chi connectivity index (χ1n) is 14.9. The van der Waals surface area contributed by atoms with E-state index in [1.54, 1.807) is 7.05 Å². The molecule has 0 radical (unpaired) electrons. The summed E-state index contributed by atoms with van der Waals surface area (Å²) >= 11 is 0. The number of aryl methyl sites for hydroxylation is 2. The number of carbonyl (C=O) groups excluding carboxylic acids is 2. The predicted octanol–water partition coefficient (Wildman–Crippen LogP) is 8.07. The molecule has 0 aliphatic heterocycles. The van der Waals surface area contributed by atoms with Crippen LogP contribution in [0.5, 0.6) is 0 Å². The molecular weight excluding hydrogens is 496 g/mol. The van der Waals surface area contributed by atoms with Crippen molar-refractivity contribution in [2.24, 2.45) is 16.2 Å². The minimum Gasteiger partial charge on any atom is -0.445 e. The molecule has 0 saturated heterocycles. The van der Waals surface area contributed by atoms with E-state index in [1.165, 1.54) is 16.0 Å². The van der Waals surface area contributed by atoms with Crippen LogP contribution in [-0.4, -0.2) is 42.6 Å². The van der Waals surface area contributed by atoms with Gasteiger partial charge in [0.05, 0.1) is 0 Å². The van der Waals surface area contributed by atoms with Crippen molar-refractivity contribution in [1.82, 2.24) is 10.2 Å². The number of carbonyl (C=O) groups is 2. The van der Waals surface area contributed by atoms with Crippen molar-refractivity contribution in [3.8, 4) is 0 Å². The van der Waals surface area contributed by atoms with Gasteiger partial charge in [-0.15, -0.1) is 0 Å². The molecule has 5 heteroatoms. The van der Waals surface area contributed by atoms with Gasteiger partial charge in [0.2, 0.25) is 5.91 Å². The molecule has 2 amide bonds. The summed E-state index contributed by atoms with van der Waals surface area (Å²) < 4.78 is 6.11. The summed E-state index contributed by atoms with van der Waals surface area (Å²) in [5.41, 5.74) is 2.02. The fourth-order valence-electron chi connectivity index (χ4n) is 5.23. The van der Waals surface area contributed by atoms with Crippen LogP contribution in [0.15, 0.2) is 60.7 Å². The Morgan fingerprint density at radius 2 is 1.23 bits per heavy atom. The van der Waals surface area contributed by atoms with Crippen LogP contribution in [-0.2, 0) is 22.4 Å². The fraction of sp³-hybridized carbons (Fsp3) is 0.600. The van der Waals surface area contributed by atoms with Crippen molar-refractivity contribution >= 4 is 12.0 Å². The molecule has 2 aromatic carbocycles. The fourth-order valence-corrected chi connectivity index (χ4v) is 5.23. The zero-order valence-corrected chi connectivity index (χ0v) is 26.5. The van der Waals surface area contributed by atoms with E-state index >= 15 is 0 Å². The van der Waals surface area contributed by atoms with E-state index in [4.69, 9.17) is 4.74 Å². The second-order valence-corrected chi connectivity index (χ2v) is 14.0. The van der Waals surface area contributed by atoms with E-state index in [1.807, 2.05) is 12.1 Å². The molecule has 1 unspecified atom stereocenters. The van der Waals surface area contributed by atoms with E-state index in [2.05, 4.69) is 109 Å². The molecule has 0 fully saturated rings. The van der Waals surface area contributed by atoms with Crippen molar-refractivity contribution in [1.29, 1.82) is 0 Å². The van der Waals surface area contributed by atoms with Crippen LogP contribution in [0.3, 0.4) is 0 Å². The molecule has 0 aliphatic rings. The molecule has 1 atom stereocenters. The average Bonchev–Trinajstić information content (AvgIpc) is 2.86. The van der Waals surface area contributed by atoms with Crippen LogP contribution in [0.1, 0.15) is 92.2 Å². The van der Waals surface area contributed by atoms with E-state index in [-0.39, 0.29) is 40.8 Å². The highest BCUT2D eigenvalue weighted by molar-refractivity contribution is 5.82. The zero-order chi connectivity index (χ0) is 30.0. The summed E-state index contributed by atoms with van der Waals surface area (Å²) in [4.78, 5) is 27.7. The summed E-state index contributed by atoms with van der Waals surface area (Å²) in [5.74, 6) is -0.147. The summed E-state index contributed by atoms with van der Waals surface area (Å²) in [5, 5.41) is 3.23. The third-order valence-electron chi connectivity index (χ3n) is 8.37. The SMILES string of the molecule is CN(CC(=O)NC(CCCc1ccccc1)CCCc1ccccc1)C(=O)OC(C(C)(C)C)C(C)(C)C(C)(C)C. The van der Waals surface area contributed by atoms with E-state index in [0.717, 1.165) is 38.5 Å². The van der Waals surface area contributed by atoms with Gasteiger partial charge in [-0.2, -0.15) is 0 Å². The first kappa shape index (κ1) is 33.4. The van der Waals surface area contributed by atoms with Crippen LogP contribution in [0.2, 0.25) is 0 Å². The van der Waals surface area contributed by atoms with Gasteiger partial charge >= 0.3 is 6.09 Å². The number of hydrogen-bond donors (Lipinski definition) is 1. The topological polar surface area (TPSA) is 58.6 Å². The Bertz CT molecular complexity index is 990. The lowest BCUT2D eigenvalue weighted by Gasteiger charge is -2.49. The number of benzene rings is 2. The van der Waals surface area contributed by atoms with E-state index in [9.17, 15) is 9.59 Å². The van der Waals surface area contributed by atoms with Gasteiger partial charge in [-0.1, -0.05) is 116 Å². The molecule has 0 bridgehead atoms. The molecule has 2 rings (SSSR count). The van der Waals surface area contributed by atoms with Gasteiger partial charge in [0.1, 0.15) is 12.6 Å².